The van der Waals surface area contributed by atoms with Crippen LogP contribution in [0.3, 0.4) is 0 Å². The zero-order chi connectivity index (χ0) is 13.9. The molecule has 0 aliphatic carbocycles. The molecule has 0 N–H and O–H groups in total. The summed E-state index contributed by atoms with van der Waals surface area (Å²) in [5.41, 5.74) is 1.04. The van der Waals surface area contributed by atoms with Crippen LogP contribution >= 0.6 is 0 Å². The van der Waals surface area contributed by atoms with Crippen LogP contribution in [0.5, 0.6) is 0 Å². The molecule has 2 aromatic rings. The Labute approximate surface area is 140 Å². The van der Waals surface area contributed by atoms with Gasteiger partial charge in [0.25, 0.3) is 11.8 Å². The number of benzene rings is 1. The van der Waals surface area contributed by atoms with Gasteiger partial charge in [-0.1, -0.05) is 18.2 Å². The highest BCUT2D eigenvalue weighted by atomic mass is 127. The highest BCUT2D eigenvalue weighted by molar-refractivity contribution is 6.21. The van der Waals surface area contributed by atoms with Crippen LogP contribution in [0.2, 0.25) is 0 Å². The van der Waals surface area contributed by atoms with Gasteiger partial charge in [0.1, 0.15) is 6.54 Å². The Morgan fingerprint density at radius 3 is 2.00 bits per heavy atom. The zero-order valence-corrected chi connectivity index (χ0v) is 13.6. The Morgan fingerprint density at radius 1 is 0.857 bits per heavy atom. The third-order valence-electron chi connectivity index (χ3n) is 3.45. The van der Waals surface area contributed by atoms with Crippen molar-refractivity contribution in [2.45, 2.75) is 13.0 Å². The molecule has 0 fully saturated rings. The molecule has 4 nitrogen and oxygen atoms in total. The number of aryl methyl sites for hydroxylation is 1. The summed E-state index contributed by atoms with van der Waals surface area (Å²) in [6.07, 6.45) is 4.70. The molecular formula is C16H15IN2O2. The van der Waals surface area contributed by atoms with Crippen molar-refractivity contribution in [2.24, 2.45) is 0 Å². The second-order valence-corrected chi connectivity index (χ2v) is 4.77. The quantitative estimate of drug-likeness (QED) is 0.366. The molecule has 0 saturated heterocycles. The third kappa shape index (κ3) is 3.12. The molecular weight excluding hydrogens is 379 g/mol. The standard InChI is InChI=1S/C16H15N2O2.HI/c19-15-13-7-2-3-8-14(13)16(20)18(15)12-6-11-17-9-4-1-5-10-17;/h1-5,7-10H,6,11-12H2;1H/q+1;/p-1. The number of nitrogens with zero attached hydrogens (tertiary/aromatic N) is 2. The minimum atomic E-state index is -0.177. The summed E-state index contributed by atoms with van der Waals surface area (Å²) in [6, 6.07) is 12.9. The van der Waals surface area contributed by atoms with E-state index >= 15 is 0 Å². The van der Waals surface area contributed by atoms with Crippen LogP contribution in [0, 0.1) is 0 Å². The second-order valence-electron chi connectivity index (χ2n) is 4.77. The summed E-state index contributed by atoms with van der Waals surface area (Å²) < 4.78 is 2.04. The van der Waals surface area contributed by atoms with Gasteiger partial charge in [0.05, 0.1) is 11.1 Å². The number of rotatable bonds is 4. The molecule has 0 bridgehead atoms. The van der Waals surface area contributed by atoms with Gasteiger partial charge in [-0.15, -0.1) is 0 Å². The molecule has 5 heteroatoms. The fourth-order valence-corrected chi connectivity index (χ4v) is 2.44. The number of carbonyl (C=O) groups excluding carboxylic acids is 2. The SMILES string of the molecule is O=C1c2ccccc2C(=O)N1CCC[n+]1ccccc1.[I-]. The van der Waals surface area contributed by atoms with Gasteiger partial charge in [0, 0.05) is 25.1 Å². The first kappa shape index (κ1) is 15.6. The maximum atomic E-state index is 12.1. The summed E-state index contributed by atoms with van der Waals surface area (Å²) in [5.74, 6) is -0.354. The molecule has 1 aliphatic heterocycles. The van der Waals surface area contributed by atoms with Crippen LogP contribution in [-0.2, 0) is 6.54 Å². The molecule has 0 spiro atoms. The Balaban J connectivity index is 0.00000161. The molecule has 3 rings (SSSR count). The predicted octanol–water partition coefficient (Wildman–Crippen LogP) is -1.34. The average Bonchev–Trinajstić information content (AvgIpc) is 2.74. The van der Waals surface area contributed by atoms with Crippen molar-refractivity contribution >= 4 is 11.8 Å². The summed E-state index contributed by atoms with van der Waals surface area (Å²) in [5, 5.41) is 0. The molecule has 0 saturated carbocycles. The van der Waals surface area contributed by atoms with E-state index in [4.69, 9.17) is 0 Å². The number of imide groups is 1. The largest absolute Gasteiger partial charge is 1.00 e. The molecule has 2 amide bonds. The number of aromatic nitrogens is 1. The van der Waals surface area contributed by atoms with Crippen molar-refractivity contribution in [3.8, 4) is 0 Å². The number of hydrogen-bond acceptors (Lipinski definition) is 2. The smallest absolute Gasteiger partial charge is 0.261 e. The maximum Gasteiger partial charge on any atom is 0.261 e. The van der Waals surface area contributed by atoms with Gasteiger partial charge < -0.3 is 24.0 Å². The summed E-state index contributed by atoms with van der Waals surface area (Å²) in [6.45, 7) is 1.24. The van der Waals surface area contributed by atoms with E-state index in [1.54, 1.807) is 24.3 Å². The van der Waals surface area contributed by atoms with E-state index in [0.717, 1.165) is 13.0 Å². The summed E-state index contributed by atoms with van der Waals surface area (Å²) in [7, 11) is 0. The minimum Gasteiger partial charge on any atom is -1.00 e. The van der Waals surface area contributed by atoms with E-state index in [9.17, 15) is 9.59 Å². The number of hydrogen-bond donors (Lipinski definition) is 0. The molecule has 0 radical (unpaired) electrons. The van der Waals surface area contributed by atoms with Crippen molar-refractivity contribution in [2.75, 3.05) is 6.54 Å². The summed E-state index contributed by atoms with van der Waals surface area (Å²) >= 11 is 0. The Hall–Kier alpha value is -1.76. The molecule has 0 unspecified atom stereocenters. The van der Waals surface area contributed by atoms with Crippen molar-refractivity contribution < 1.29 is 38.1 Å². The van der Waals surface area contributed by atoms with Gasteiger partial charge in [-0.05, 0) is 12.1 Å². The van der Waals surface area contributed by atoms with Gasteiger partial charge >= 0.3 is 0 Å². The van der Waals surface area contributed by atoms with Gasteiger partial charge in [-0.2, -0.15) is 0 Å². The van der Waals surface area contributed by atoms with Crippen LogP contribution in [0.25, 0.3) is 0 Å². The van der Waals surface area contributed by atoms with Crippen molar-refractivity contribution in [1.29, 1.82) is 0 Å². The molecule has 1 aromatic carbocycles. The van der Waals surface area contributed by atoms with Crippen LogP contribution in [0.15, 0.2) is 54.9 Å². The molecule has 2 heterocycles. The van der Waals surface area contributed by atoms with Gasteiger partial charge in [0.2, 0.25) is 0 Å². The Morgan fingerprint density at radius 2 is 1.43 bits per heavy atom. The topological polar surface area (TPSA) is 41.3 Å². The molecule has 0 atom stereocenters. The number of pyridine rings is 1. The van der Waals surface area contributed by atoms with E-state index in [1.807, 2.05) is 35.2 Å². The van der Waals surface area contributed by atoms with E-state index in [0.29, 0.717) is 17.7 Å². The lowest BCUT2D eigenvalue weighted by molar-refractivity contribution is -0.697. The lowest BCUT2D eigenvalue weighted by Gasteiger charge is -2.12. The minimum absolute atomic E-state index is 0. The second kappa shape index (κ2) is 6.80. The fraction of sp³-hybridized carbons (Fsp3) is 0.188. The lowest BCUT2D eigenvalue weighted by atomic mass is 10.1. The number of fused-ring (bicyclic) bond motifs is 1. The molecule has 108 valence electrons. The third-order valence-corrected chi connectivity index (χ3v) is 3.45. The van der Waals surface area contributed by atoms with Gasteiger partial charge in [0.15, 0.2) is 12.4 Å². The Kier molecular flexibility index (Phi) is 5.06. The first-order valence-corrected chi connectivity index (χ1v) is 6.66. The molecule has 21 heavy (non-hydrogen) atoms. The average molecular weight is 394 g/mol. The van der Waals surface area contributed by atoms with Crippen molar-refractivity contribution in [3.63, 3.8) is 0 Å². The molecule has 1 aromatic heterocycles. The van der Waals surface area contributed by atoms with Crippen molar-refractivity contribution in [3.05, 3.63) is 66.0 Å². The molecule has 1 aliphatic rings. The van der Waals surface area contributed by atoms with Crippen LogP contribution in [0.4, 0.5) is 0 Å². The number of amides is 2. The fourth-order valence-electron chi connectivity index (χ4n) is 2.44. The maximum absolute atomic E-state index is 12.1. The highest BCUT2D eigenvalue weighted by Crippen LogP contribution is 2.22. The normalized spacial score (nSPS) is 13.0. The van der Waals surface area contributed by atoms with E-state index in [2.05, 4.69) is 0 Å². The first-order valence-electron chi connectivity index (χ1n) is 6.66. The van der Waals surface area contributed by atoms with Crippen molar-refractivity contribution in [1.82, 2.24) is 4.90 Å². The van der Waals surface area contributed by atoms with Crippen LogP contribution in [0.1, 0.15) is 27.1 Å². The van der Waals surface area contributed by atoms with Gasteiger partial charge in [-0.25, -0.2) is 4.57 Å². The zero-order valence-electron chi connectivity index (χ0n) is 11.4. The number of carbonyl (C=O) groups is 2. The number of halogens is 1. The van der Waals surface area contributed by atoms with E-state index in [1.165, 1.54) is 4.90 Å². The first-order chi connectivity index (χ1) is 9.77. The highest BCUT2D eigenvalue weighted by Gasteiger charge is 2.34. The van der Waals surface area contributed by atoms with Gasteiger partial charge in [-0.3, -0.25) is 14.5 Å². The van der Waals surface area contributed by atoms with E-state index < -0.39 is 0 Å². The summed E-state index contributed by atoms with van der Waals surface area (Å²) in [4.78, 5) is 25.6. The monoisotopic (exact) mass is 394 g/mol. The van der Waals surface area contributed by atoms with Crippen LogP contribution in [-0.4, -0.2) is 23.3 Å². The lowest BCUT2D eigenvalue weighted by Crippen LogP contribution is -3.00. The predicted molar refractivity (Wildman–Crippen MR) is 73.1 cm³/mol. The van der Waals surface area contributed by atoms with E-state index in [-0.39, 0.29) is 35.8 Å². The van der Waals surface area contributed by atoms with Crippen LogP contribution < -0.4 is 28.5 Å². The Bertz CT molecular complexity index is 623.